The normalized spacial score (nSPS) is 10.7. The number of aliphatic hydroxyl groups excluding tert-OH is 1. The Morgan fingerprint density at radius 3 is 2.82 bits per heavy atom. The summed E-state index contributed by atoms with van der Waals surface area (Å²) in [6.45, 7) is 3.11. The van der Waals surface area contributed by atoms with Crippen LogP contribution in [-0.2, 0) is 0 Å². The van der Waals surface area contributed by atoms with Crippen LogP contribution in [0.1, 0.15) is 19.4 Å². The maximum atomic E-state index is 10.9. The molecule has 0 fully saturated rings. The summed E-state index contributed by atoms with van der Waals surface area (Å²) in [4.78, 5) is 14.0. The average molecular weight is 236 g/mol. The highest BCUT2D eigenvalue weighted by atomic mass is 16.6. The van der Waals surface area contributed by atoms with E-state index in [1.807, 2.05) is 0 Å². The molecular formula is C10H12N4O3. The molecule has 0 radical (unpaired) electrons. The number of aromatic nitrogens is 1. The molecule has 1 aromatic heterocycles. The zero-order chi connectivity index (χ0) is 13.1. The summed E-state index contributed by atoms with van der Waals surface area (Å²) in [5, 5.41) is 31.5. The molecule has 90 valence electrons. The van der Waals surface area contributed by atoms with Gasteiger partial charge in [-0.15, -0.1) is 0 Å². The van der Waals surface area contributed by atoms with Crippen LogP contribution in [0.5, 0.6) is 0 Å². The lowest BCUT2D eigenvalue weighted by molar-refractivity contribution is -0.384. The number of pyridine rings is 1. The van der Waals surface area contributed by atoms with E-state index in [4.69, 9.17) is 10.4 Å². The molecule has 0 atom stereocenters. The Hall–Kier alpha value is -2.20. The van der Waals surface area contributed by atoms with Crippen molar-refractivity contribution >= 4 is 11.5 Å². The molecular weight excluding hydrogens is 224 g/mol. The molecule has 0 spiro atoms. The lowest BCUT2D eigenvalue weighted by Gasteiger charge is -2.23. The second-order valence-corrected chi connectivity index (χ2v) is 4.09. The van der Waals surface area contributed by atoms with Crippen LogP contribution in [0.2, 0.25) is 0 Å². The smallest absolute Gasteiger partial charge is 0.328 e. The van der Waals surface area contributed by atoms with Crippen molar-refractivity contribution in [2.75, 3.05) is 11.9 Å². The highest BCUT2D eigenvalue weighted by Gasteiger charge is 2.26. The zero-order valence-corrected chi connectivity index (χ0v) is 9.47. The van der Waals surface area contributed by atoms with E-state index in [1.165, 1.54) is 12.3 Å². The van der Waals surface area contributed by atoms with Crippen LogP contribution in [-0.4, -0.2) is 27.2 Å². The van der Waals surface area contributed by atoms with Crippen LogP contribution in [0.15, 0.2) is 12.3 Å². The first-order valence-electron chi connectivity index (χ1n) is 4.84. The molecule has 1 aromatic rings. The second-order valence-electron chi connectivity index (χ2n) is 4.09. The summed E-state index contributed by atoms with van der Waals surface area (Å²) in [5.74, 6) is -0.0203. The van der Waals surface area contributed by atoms with Crippen molar-refractivity contribution in [3.05, 3.63) is 27.9 Å². The van der Waals surface area contributed by atoms with Crippen molar-refractivity contribution in [1.82, 2.24) is 4.98 Å². The molecule has 7 heteroatoms. The van der Waals surface area contributed by atoms with Gasteiger partial charge in [0.1, 0.15) is 11.6 Å². The monoisotopic (exact) mass is 236 g/mol. The van der Waals surface area contributed by atoms with Gasteiger partial charge in [0, 0.05) is 6.20 Å². The van der Waals surface area contributed by atoms with Crippen molar-refractivity contribution in [2.45, 2.75) is 19.4 Å². The highest BCUT2D eigenvalue weighted by Crippen LogP contribution is 2.27. The van der Waals surface area contributed by atoms with Gasteiger partial charge in [-0.25, -0.2) is 4.98 Å². The number of nitrogens with one attached hydrogen (secondary N) is 1. The van der Waals surface area contributed by atoms with Gasteiger partial charge >= 0.3 is 5.69 Å². The fraction of sp³-hybridized carbons (Fsp3) is 0.400. The van der Waals surface area contributed by atoms with Crippen molar-refractivity contribution in [2.24, 2.45) is 0 Å². The Morgan fingerprint density at radius 2 is 2.35 bits per heavy atom. The first kappa shape index (κ1) is 12.9. The van der Waals surface area contributed by atoms with Gasteiger partial charge in [-0.05, 0) is 19.9 Å². The van der Waals surface area contributed by atoms with Crippen LogP contribution in [0, 0.1) is 21.4 Å². The predicted octanol–water partition coefficient (Wildman–Crippen LogP) is 1.04. The zero-order valence-electron chi connectivity index (χ0n) is 9.47. The van der Waals surface area contributed by atoms with E-state index in [-0.39, 0.29) is 23.7 Å². The number of nitriles is 1. The summed E-state index contributed by atoms with van der Waals surface area (Å²) in [6.07, 6.45) is 1.31. The van der Waals surface area contributed by atoms with E-state index in [0.29, 0.717) is 0 Å². The lowest BCUT2D eigenvalue weighted by Crippen LogP contribution is -2.35. The molecule has 0 unspecified atom stereocenters. The lowest BCUT2D eigenvalue weighted by atomic mass is 10.1. The number of aliphatic hydroxyl groups is 1. The quantitative estimate of drug-likeness (QED) is 0.596. The molecule has 17 heavy (non-hydrogen) atoms. The number of nitrogens with zero attached hydrogens (tertiary/aromatic N) is 3. The van der Waals surface area contributed by atoms with Crippen LogP contribution in [0.4, 0.5) is 11.5 Å². The molecule has 0 bridgehead atoms. The van der Waals surface area contributed by atoms with Crippen LogP contribution in [0.3, 0.4) is 0 Å². The number of rotatable bonds is 4. The van der Waals surface area contributed by atoms with Gasteiger partial charge in [0.15, 0.2) is 0 Å². The minimum atomic E-state index is -0.758. The summed E-state index contributed by atoms with van der Waals surface area (Å²) in [5.41, 5.74) is -1.20. The van der Waals surface area contributed by atoms with Crippen LogP contribution in [0.25, 0.3) is 0 Å². The largest absolute Gasteiger partial charge is 0.394 e. The first-order valence-corrected chi connectivity index (χ1v) is 4.84. The standard InChI is InChI=1S/C10H12N4O3/c1-10(2,6-15)13-9-8(14(16)17)7(5-11)3-4-12-9/h3-4,15H,6H2,1-2H3,(H,12,13). The molecule has 1 heterocycles. The third kappa shape index (κ3) is 2.89. The summed E-state index contributed by atoms with van der Waals surface area (Å²) < 4.78 is 0. The van der Waals surface area contributed by atoms with E-state index in [0.717, 1.165) is 0 Å². The van der Waals surface area contributed by atoms with E-state index < -0.39 is 10.5 Å². The summed E-state index contributed by atoms with van der Waals surface area (Å²) >= 11 is 0. The molecule has 0 saturated carbocycles. The third-order valence-electron chi connectivity index (χ3n) is 2.08. The molecule has 0 aliphatic heterocycles. The molecule has 7 nitrogen and oxygen atoms in total. The predicted molar refractivity (Wildman–Crippen MR) is 60.4 cm³/mol. The van der Waals surface area contributed by atoms with Crippen molar-refractivity contribution < 1.29 is 10.0 Å². The van der Waals surface area contributed by atoms with E-state index in [9.17, 15) is 10.1 Å². The number of hydrogen-bond donors (Lipinski definition) is 2. The van der Waals surface area contributed by atoms with Gasteiger partial charge in [-0.1, -0.05) is 0 Å². The van der Waals surface area contributed by atoms with Gasteiger partial charge in [0.05, 0.1) is 17.1 Å². The molecule has 0 saturated heterocycles. The fourth-order valence-electron chi connectivity index (χ4n) is 1.18. The summed E-state index contributed by atoms with van der Waals surface area (Å²) in [7, 11) is 0. The average Bonchev–Trinajstić information content (AvgIpc) is 2.27. The highest BCUT2D eigenvalue weighted by molar-refractivity contribution is 5.64. The third-order valence-corrected chi connectivity index (χ3v) is 2.08. The Labute approximate surface area is 97.9 Å². The topological polar surface area (TPSA) is 112 Å². The number of hydrogen-bond acceptors (Lipinski definition) is 6. The maximum absolute atomic E-state index is 10.9. The van der Waals surface area contributed by atoms with Gasteiger partial charge in [0.2, 0.25) is 5.82 Å². The molecule has 0 aliphatic rings. The van der Waals surface area contributed by atoms with Crippen LogP contribution < -0.4 is 5.32 Å². The molecule has 0 aromatic carbocycles. The molecule has 0 amide bonds. The minimum absolute atomic E-state index is 0.0203. The van der Waals surface area contributed by atoms with E-state index >= 15 is 0 Å². The second kappa shape index (κ2) is 4.76. The minimum Gasteiger partial charge on any atom is -0.394 e. The van der Waals surface area contributed by atoms with Gasteiger partial charge in [-0.2, -0.15) is 5.26 Å². The summed E-state index contributed by atoms with van der Waals surface area (Å²) in [6, 6.07) is 3.01. The Kier molecular flexibility index (Phi) is 3.60. The first-order chi connectivity index (χ1) is 7.91. The van der Waals surface area contributed by atoms with Crippen molar-refractivity contribution in [3.63, 3.8) is 0 Å². The van der Waals surface area contributed by atoms with E-state index in [2.05, 4.69) is 10.3 Å². The Morgan fingerprint density at radius 1 is 1.71 bits per heavy atom. The molecule has 2 N–H and O–H groups in total. The Balaban J connectivity index is 3.26. The van der Waals surface area contributed by atoms with Crippen molar-refractivity contribution in [1.29, 1.82) is 5.26 Å². The fourth-order valence-corrected chi connectivity index (χ4v) is 1.18. The molecule has 0 aliphatic carbocycles. The number of nitro groups is 1. The van der Waals surface area contributed by atoms with Gasteiger partial charge < -0.3 is 10.4 Å². The van der Waals surface area contributed by atoms with Crippen molar-refractivity contribution in [3.8, 4) is 6.07 Å². The maximum Gasteiger partial charge on any atom is 0.328 e. The molecule has 1 rings (SSSR count). The Bertz CT molecular complexity index is 479. The van der Waals surface area contributed by atoms with Crippen LogP contribution >= 0.6 is 0 Å². The SMILES string of the molecule is CC(C)(CO)Nc1nccc(C#N)c1[N+](=O)[O-]. The van der Waals surface area contributed by atoms with E-state index in [1.54, 1.807) is 19.9 Å². The number of anilines is 1. The van der Waals surface area contributed by atoms with Gasteiger partial charge in [-0.3, -0.25) is 10.1 Å². The van der Waals surface area contributed by atoms with Gasteiger partial charge in [0.25, 0.3) is 0 Å².